The average Bonchev–Trinajstić information content (AvgIpc) is 3.36. The second-order valence-electron chi connectivity index (χ2n) is 10.1. The molecule has 4 rings (SSSR count). The van der Waals surface area contributed by atoms with E-state index in [1.54, 1.807) is 18.4 Å². The molecule has 0 saturated carbocycles. The summed E-state index contributed by atoms with van der Waals surface area (Å²) in [6.45, 7) is 10.9. The van der Waals surface area contributed by atoms with Gasteiger partial charge in [-0.25, -0.2) is 0 Å². The summed E-state index contributed by atoms with van der Waals surface area (Å²) in [4.78, 5) is 35.8. The van der Waals surface area contributed by atoms with Crippen LogP contribution in [0.5, 0.6) is 5.75 Å². The summed E-state index contributed by atoms with van der Waals surface area (Å²) < 4.78 is 5.28. The molecule has 0 bridgehead atoms. The van der Waals surface area contributed by atoms with E-state index in [4.69, 9.17) is 4.74 Å². The van der Waals surface area contributed by atoms with E-state index in [0.29, 0.717) is 31.5 Å². The van der Waals surface area contributed by atoms with E-state index in [2.05, 4.69) is 29.7 Å². The first kappa shape index (κ1) is 25.7. The van der Waals surface area contributed by atoms with E-state index in [-0.39, 0.29) is 11.8 Å². The number of piperazine rings is 1. The normalized spacial score (nSPS) is 21.6. The van der Waals surface area contributed by atoms with Gasteiger partial charge in [0.15, 0.2) is 0 Å². The number of nitrogens with zero attached hydrogens (tertiary/aromatic N) is 4. The second kappa shape index (κ2) is 12.0. The third-order valence-electron chi connectivity index (χ3n) is 6.98. The Balaban J connectivity index is 1.30. The molecule has 0 N–H and O–H groups in total. The summed E-state index contributed by atoms with van der Waals surface area (Å²) in [5, 5.41) is 2.04. The molecule has 0 aliphatic carbocycles. The van der Waals surface area contributed by atoms with Gasteiger partial charge in [0.1, 0.15) is 5.75 Å². The highest BCUT2D eigenvalue weighted by Crippen LogP contribution is 2.24. The number of rotatable bonds is 8. The van der Waals surface area contributed by atoms with Crippen LogP contribution in [-0.4, -0.2) is 86.0 Å². The monoisotopic (exact) mass is 498 g/mol. The van der Waals surface area contributed by atoms with Crippen molar-refractivity contribution in [2.24, 2.45) is 11.8 Å². The lowest BCUT2D eigenvalue weighted by molar-refractivity contribution is -0.135. The standard InChI is InChI=1S/C27H38N4O3S/c1-21-15-22(2)17-30(16-21)26(32)19-28-10-12-29(13-11-28)20-27(33)31(18-25-5-4-14-35-25)23-6-8-24(34-3)9-7-23/h4-9,14,21-22H,10-13,15-20H2,1-3H3. The number of benzene rings is 1. The van der Waals surface area contributed by atoms with Crippen molar-refractivity contribution in [3.8, 4) is 5.75 Å². The van der Waals surface area contributed by atoms with Crippen LogP contribution in [0.4, 0.5) is 5.69 Å². The fourth-order valence-corrected chi connectivity index (χ4v) is 5.88. The quantitative estimate of drug-likeness (QED) is 0.558. The highest BCUT2D eigenvalue weighted by molar-refractivity contribution is 7.09. The molecule has 2 aliphatic heterocycles. The molecule has 0 radical (unpaired) electrons. The van der Waals surface area contributed by atoms with Gasteiger partial charge in [0, 0.05) is 49.8 Å². The number of anilines is 1. The van der Waals surface area contributed by atoms with Crippen LogP contribution in [0.25, 0.3) is 0 Å². The minimum Gasteiger partial charge on any atom is -0.497 e. The highest BCUT2D eigenvalue weighted by atomic mass is 32.1. The number of likely N-dealkylation sites (tertiary alicyclic amines) is 1. The molecule has 190 valence electrons. The number of thiophene rings is 1. The van der Waals surface area contributed by atoms with E-state index in [0.717, 1.165) is 55.6 Å². The van der Waals surface area contributed by atoms with Crippen LogP contribution < -0.4 is 9.64 Å². The van der Waals surface area contributed by atoms with Crippen molar-refractivity contribution in [1.29, 1.82) is 0 Å². The molecule has 35 heavy (non-hydrogen) atoms. The summed E-state index contributed by atoms with van der Waals surface area (Å²) in [7, 11) is 1.64. The Hall–Kier alpha value is -2.42. The molecule has 2 unspecified atom stereocenters. The molecule has 2 fully saturated rings. The van der Waals surface area contributed by atoms with Gasteiger partial charge in [-0.1, -0.05) is 19.9 Å². The van der Waals surface area contributed by atoms with Gasteiger partial charge in [-0.2, -0.15) is 0 Å². The molecular weight excluding hydrogens is 460 g/mol. The maximum absolute atomic E-state index is 13.4. The summed E-state index contributed by atoms with van der Waals surface area (Å²) in [6.07, 6.45) is 1.20. The number of amides is 2. The third-order valence-corrected chi connectivity index (χ3v) is 7.84. The second-order valence-corrected chi connectivity index (χ2v) is 11.1. The Bertz CT molecular complexity index is 947. The summed E-state index contributed by atoms with van der Waals surface area (Å²) in [6, 6.07) is 11.7. The first-order chi connectivity index (χ1) is 16.9. The van der Waals surface area contributed by atoms with Crippen molar-refractivity contribution >= 4 is 28.8 Å². The van der Waals surface area contributed by atoms with Crippen LogP contribution in [-0.2, 0) is 16.1 Å². The molecule has 1 aromatic heterocycles. The van der Waals surface area contributed by atoms with Gasteiger partial charge in [0.05, 0.1) is 26.7 Å². The Morgan fingerprint density at radius 1 is 0.971 bits per heavy atom. The van der Waals surface area contributed by atoms with E-state index < -0.39 is 0 Å². The molecule has 8 heteroatoms. The van der Waals surface area contributed by atoms with Crippen LogP contribution >= 0.6 is 11.3 Å². The molecule has 0 spiro atoms. The van der Waals surface area contributed by atoms with Gasteiger partial charge in [-0.3, -0.25) is 19.4 Å². The van der Waals surface area contributed by atoms with Crippen LogP contribution in [0.3, 0.4) is 0 Å². The first-order valence-corrected chi connectivity index (χ1v) is 13.5. The number of methoxy groups -OCH3 is 1. The van der Waals surface area contributed by atoms with Crippen molar-refractivity contribution in [2.75, 3.05) is 64.4 Å². The van der Waals surface area contributed by atoms with Gasteiger partial charge >= 0.3 is 0 Å². The van der Waals surface area contributed by atoms with Crippen LogP contribution in [0.2, 0.25) is 0 Å². The van der Waals surface area contributed by atoms with Gasteiger partial charge in [-0.05, 0) is 54.0 Å². The number of ether oxygens (including phenoxy) is 1. The van der Waals surface area contributed by atoms with E-state index >= 15 is 0 Å². The number of piperidine rings is 1. The van der Waals surface area contributed by atoms with Gasteiger partial charge in [0.25, 0.3) is 0 Å². The van der Waals surface area contributed by atoms with Crippen LogP contribution in [0.1, 0.15) is 25.1 Å². The molecule has 2 atom stereocenters. The largest absolute Gasteiger partial charge is 0.497 e. The Labute approximate surface area is 213 Å². The van der Waals surface area contributed by atoms with Crippen molar-refractivity contribution in [1.82, 2.24) is 14.7 Å². The number of carbonyl (C=O) groups is 2. The van der Waals surface area contributed by atoms with Gasteiger partial charge < -0.3 is 14.5 Å². The maximum atomic E-state index is 13.4. The minimum absolute atomic E-state index is 0.0874. The van der Waals surface area contributed by atoms with Gasteiger partial charge in [0.2, 0.25) is 11.8 Å². The predicted octanol–water partition coefficient (Wildman–Crippen LogP) is 3.41. The smallest absolute Gasteiger partial charge is 0.241 e. The average molecular weight is 499 g/mol. The molecule has 2 amide bonds. The minimum atomic E-state index is 0.0874. The number of carbonyl (C=O) groups excluding carboxylic acids is 2. The lowest BCUT2D eigenvalue weighted by atomic mass is 9.92. The lowest BCUT2D eigenvalue weighted by Crippen LogP contribution is -2.53. The SMILES string of the molecule is COc1ccc(N(Cc2cccs2)C(=O)CN2CCN(CC(=O)N3CC(C)CC(C)C3)CC2)cc1. The molecule has 3 heterocycles. The highest BCUT2D eigenvalue weighted by Gasteiger charge is 2.28. The Morgan fingerprint density at radius 3 is 2.17 bits per heavy atom. The molecule has 7 nitrogen and oxygen atoms in total. The first-order valence-electron chi connectivity index (χ1n) is 12.6. The molecular formula is C27H38N4O3S. The number of hydrogen-bond donors (Lipinski definition) is 0. The third kappa shape index (κ3) is 7.06. The Kier molecular flexibility index (Phi) is 8.81. The van der Waals surface area contributed by atoms with Crippen molar-refractivity contribution in [3.63, 3.8) is 0 Å². The van der Waals surface area contributed by atoms with Crippen LogP contribution in [0.15, 0.2) is 41.8 Å². The van der Waals surface area contributed by atoms with E-state index in [1.807, 2.05) is 45.5 Å². The Morgan fingerprint density at radius 2 is 1.60 bits per heavy atom. The fourth-order valence-electron chi connectivity index (χ4n) is 5.18. The van der Waals surface area contributed by atoms with Crippen molar-refractivity contribution in [2.45, 2.75) is 26.8 Å². The van der Waals surface area contributed by atoms with Crippen LogP contribution in [0, 0.1) is 11.8 Å². The number of hydrogen-bond acceptors (Lipinski definition) is 6. The van der Waals surface area contributed by atoms with E-state index in [1.165, 1.54) is 6.42 Å². The molecule has 2 saturated heterocycles. The summed E-state index contributed by atoms with van der Waals surface area (Å²) in [5.41, 5.74) is 0.874. The summed E-state index contributed by atoms with van der Waals surface area (Å²) in [5.74, 6) is 2.26. The zero-order chi connectivity index (χ0) is 24.8. The lowest BCUT2D eigenvalue weighted by Gasteiger charge is -2.38. The van der Waals surface area contributed by atoms with E-state index in [9.17, 15) is 9.59 Å². The molecule has 2 aliphatic rings. The maximum Gasteiger partial charge on any atom is 0.241 e. The van der Waals surface area contributed by atoms with Crippen molar-refractivity contribution < 1.29 is 14.3 Å². The molecule has 2 aromatic rings. The van der Waals surface area contributed by atoms with Crippen molar-refractivity contribution in [3.05, 3.63) is 46.7 Å². The zero-order valence-electron chi connectivity index (χ0n) is 21.2. The molecule has 1 aromatic carbocycles. The van der Waals surface area contributed by atoms with Gasteiger partial charge in [-0.15, -0.1) is 11.3 Å². The fraction of sp³-hybridized carbons (Fsp3) is 0.556. The predicted molar refractivity (Wildman–Crippen MR) is 141 cm³/mol. The topological polar surface area (TPSA) is 56.3 Å². The summed E-state index contributed by atoms with van der Waals surface area (Å²) >= 11 is 1.66. The zero-order valence-corrected chi connectivity index (χ0v) is 22.0.